The molecule has 7 atom stereocenters. The summed E-state index contributed by atoms with van der Waals surface area (Å²) in [7, 11) is 0. The Kier molecular flexibility index (Phi) is 8.89. The minimum atomic E-state index is 0.340. The summed E-state index contributed by atoms with van der Waals surface area (Å²) in [6, 6.07) is 38.8. The van der Waals surface area contributed by atoms with E-state index in [4.69, 9.17) is 0 Å². The van der Waals surface area contributed by atoms with Crippen molar-refractivity contribution in [3.05, 3.63) is 201 Å². The summed E-state index contributed by atoms with van der Waals surface area (Å²) in [5, 5.41) is 0.415. The van der Waals surface area contributed by atoms with E-state index < -0.39 is 0 Å². The zero-order valence-electron chi connectivity index (χ0n) is 31.4. The number of hydrogen-bond acceptors (Lipinski definition) is 2. The molecular formula is C53H48S2. The van der Waals surface area contributed by atoms with Gasteiger partial charge in [0.05, 0.1) is 0 Å². The van der Waals surface area contributed by atoms with Crippen LogP contribution >= 0.6 is 23.5 Å². The normalized spacial score (nSPS) is 28.7. The van der Waals surface area contributed by atoms with Gasteiger partial charge in [0.25, 0.3) is 0 Å². The maximum atomic E-state index is 2.76. The largest absolute Gasteiger partial charge is 0.118 e. The fraction of sp³-hybridized carbons (Fsp3) is 0.283. The zero-order chi connectivity index (χ0) is 36.3. The first-order valence-electron chi connectivity index (χ1n) is 20.8. The third-order valence-electron chi connectivity index (χ3n) is 13.9. The first-order chi connectivity index (χ1) is 27.3. The quantitative estimate of drug-likeness (QED) is 0.193. The predicted octanol–water partition coefficient (Wildman–Crippen LogP) is 14.4. The van der Waals surface area contributed by atoms with Gasteiger partial charge in [-0.05, 0) is 125 Å². The molecule has 0 aromatic heterocycles. The molecule has 0 N–H and O–H groups in total. The van der Waals surface area contributed by atoms with Gasteiger partial charge in [-0.1, -0.05) is 157 Å². The van der Waals surface area contributed by atoms with Crippen molar-refractivity contribution in [3.8, 4) is 11.1 Å². The highest BCUT2D eigenvalue weighted by Gasteiger charge is 2.47. The molecule has 55 heavy (non-hydrogen) atoms. The lowest BCUT2D eigenvalue weighted by Gasteiger charge is -2.46. The van der Waals surface area contributed by atoms with E-state index in [1.165, 1.54) is 75.5 Å². The molecule has 4 aromatic carbocycles. The number of aryl methyl sites for hydroxylation is 1. The summed E-state index contributed by atoms with van der Waals surface area (Å²) in [4.78, 5) is 4.40. The lowest BCUT2D eigenvalue weighted by molar-refractivity contribution is 0.309. The van der Waals surface area contributed by atoms with Crippen LogP contribution in [0.3, 0.4) is 0 Å². The third kappa shape index (κ3) is 5.98. The maximum Gasteiger partial charge on any atom is 0.0352 e. The maximum absolute atomic E-state index is 2.76. The Morgan fingerprint density at radius 1 is 0.673 bits per heavy atom. The van der Waals surface area contributed by atoms with Crippen LogP contribution in [-0.4, -0.2) is 5.25 Å². The Morgan fingerprint density at radius 3 is 2.35 bits per heavy atom. The first kappa shape index (κ1) is 34.0. The average Bonchev–Trinajstić information content (AvgIpc) is 3.57. The highest BCUT2D eigenvalue weighted by Crippen LogP contribution is 2.62. The van der Waals surface area contributed by atoms with Crippen LogP contribution in [0.15, 0.2) is 194 Å². The van der Waals surface area contributed by atoms with Gasteiger partial charge in [-0.15, -0.1) is 11.8 Å². The Bertz CT molecular complexity index is 2360. The molecule has 0 amide bonds. The number of thioether (sulfide) groups is 2. The van der Waals surface area contributed by atoms with Crippen molar-refractivity contribution in [1.29, 1.82) is 0 Å². The highest BCUT2D eigenvalue weighted by atomic mass is 32.2. The second kappa shape index (κ2) is 14.4. The predicted molar refractivity (Wildman–Crippen MR) is 233 cm³/mol. The van der Waals surface area contributed by atoms with Gasteiger partial charge in [-0.3, -0.25) is 0 Å². The van der Waals surface area contributed by atoms with Gasteiger partial charge < -0.3 is 0 Å². The first-order valence-corrected chi connectivity index (χ1v) is 22.5. The van der Waals surface area contributed by atoms with E-state index in [0.717, 1.165) is 18.8 Å². The molecule has 0 fully saturated rings. The molecule has 0 spiro atoms. The van der Waals surface area contributed by atoms with Crippen molar-refractivity contribution in [2.24, 2.45) is 23.7 Å². The van der Waals surface area contributed by atoms with E-state index in [1.54, 1.807) is 33.4 Å². The standard InChI is InChI=1S/C53H48S2/c1-3-14-34(15-4-1)26-29-41-39-18-7-8-19-40(39)46-32-36(27-30-42(41)46)37-28-31-45-50(33-37)55-47-23-11-9-20-43(47)51(45)53-44-21-10-12-24-48(44)54-49-25-13-22-38(52(49)53)35-16-5-2-6-17-35/h1-7,9,11-18,20,22-25,28,31-33,41-42,45-46,50-51,53H,8,10,19,21,26-27,29-30H2. The molecular weight excluding hydrogens is 701 g/mol. The SMILES string of the molecule is C1=CC2=C(CC1)C1C=C(C3=CC4Sc5ccccc5C(C5C6=C(C=CCC6)Sc6cccc(-c7ccccc7)c65)C4C=C3)CCC1C2CCc1ccccc1. The van der Waals surface area contributed by atoms with E-state index in [1.807, 2.05) is 11.8 Å². The topological polar surface area (TPSA) is 0 Å². The smallest absolute Gasteiger partial charge is 0.0352 e. The van der Waals surface area contributed by atoms with Gasteiger partial charge in [-0.2, -0.15) is 0 Å². The fourth-order valence-electron chi connectivity index (χ4n) is 11.5. The van der Waals surface area contributed by atoms with Crippen molar-refractivity contribution in [1.82, 2.24) is 0 Å². The molecule has 7 aliphatic rings. The minimum Gasteiger partial charge on any atom is -0.118 e. The van der Waals surface area contributed by atoms with Crippen molar-refractivity contribution in [2.45, 2.75) is 78.2 Å². The Balaban J connectivity index is 0.961. The van der Waals surface area contributed by atoms with E-state index >= 15 is 0 Å². The minimum absolute atomic E-state index is 0.340. The van der Waals surface area contributed by atoms with Crippen molar-refractivity contribution >= 4 is 23.5 Å². The Labute approximate surface area is 336 Å². The fourth-order valence-corrected chi connectivity index (χ4v) is 14.2. The summed E-state index contributed by atoms with van der Waals surface area (Å²) in [5.41, 5.74) is 15.5. The molecule has 0 nitrogen and oxygen atoms in total. The molecule has 7 unspecified atom stereocenters. The van der Waals surface area contributed by atoms with E-state index in [9.17, 15) is 0 Å². The molecule has 0 saturated heterocycles. The lowest BCUT2D eigenvalue weighted by Crippen LogP contribution is -2.34. The van der Waals surface area contributed by atoms with Gasteiger partial charge in [0.1, 0.15) is 0 Å². The molecule has 2 heterocycles. The van der Waals surface area contributed by atoms with Crippen molar-refractivity contribution < 1.29 is 0 Å². The number of hydrogen-bond donors (Lipinski definition) is 0. The summed E-state index contributed by atoms with van der Waals surface area (Å²) < 4.78 is 0. The van der Waals surface area contributed by atoms with Gasteiger partial charge in [0, 0.05) is 43.6 Å². The zero-order valence-corrected chi connectivity index (χ0v) is 33.1. The number of fused-ring (bicyclic) bond motifs is 5. The van der Waals surface area contributed by atoms with Gasteiger partial charge >= 0.3 is 0 Å². The van der Waals surface area contributed by atoms with E-state index in [2.05, 4.69) is 163 Å². The Morgan fingerprint density at radius 2 is 1.45 bits per heavy atom. The summed E-state index contributed by atoms with van der Waals surface area (Å²) >= 11 is 4.13. The van der Waals surface area contributed by atoms with Crippen LogP contribution in [0.5, 0.6) is 0 Å². The number of allylic oxidation sites excluding steroid dienone is 12. The molecule has 5 aliphatic carbocycles. The summed E-state index contributed by atoms with van der Waals surface area (Å²) in [6.07, 6.45) is 30.2. The molecule has 0 saturated carbocycles. The Hall–Kier alpha value is -4.24. The van der Waals surface area contributed by atoms with Gasteiger partial charge in [0.2, 0.25) is 0 Å². The van der Waals surface area contributed by atoms with Crippen molar-refractivity contribution in [3.63, 3.8) is 0 Å². The number of rotatable bonds is 6. The summed E-state index contributed by atoms with van der Waals surface area (Å²) in [5.74, 6) is 3.18. The van der Waals surface area contributed by atoms with Crippen LogP contribution in [0.4, 0.5) is 0 Å². The summed E-state index contributed by atoms with van der Waals surface area (Å²) in [6.45, 7) is 0. The second-order valence-corrected chi connectivity index (χ2v) is 19.0. The monoisotopic (exact) mass is 748 g/mol. The van der Waals surface area contributed by atoms with Crippen LogP contribution < -0.4 is 0 Å². The molecule has 0 bridgehead atoms. The number of benzene rings is 4. The van der Waals surface area contributed by atoms with Crippen LogP contribution in [0.1, 0.15) is 73.5 Å². The second-order valence-electron chi connectivity index (χ2n) is 16.7. The molecule has 2 aliphatic heterocycles. The average molecular weight is 749 g/mol. The molecule has 0 radical (unpaired) electrons. The van der Waals surface area contributed by atoms with Gasteiger partial charge in [-0.25, -0.2) is 0 Å². The molecule has 11 rings (SSSR count). The van der Waals surface area contributed by atoms with Gasteiger partial charge in [0.15, 0.2) is 0 Å². The molecule has 272 valence electrons. The van der Waals surface area contributed by atoms with E-state index in [0.29, 0.717) is 34.8 Å². The lowest BCUT2D eigenvalue weighted by atomic mass is 9.65. The van der Waals surface area contributed by atoms with Crippen LogP contribution in [0.2, 0.25) is 0 Å². The van der Waals surface area contributed by atoms with Crippen molar-refractivity contribution in [2.75, 3.05) is 0 Å². The third-order valence-corrected chi connectivity index (χ3v) is 16.4. The molecule has 4 aromatic rings. The highest BCUT2D eigenvalue weighted by molar-refractivity contribution is 8.03. The van der Waals surface area contributed by atoms with Crippen LogP contribution in [0.25, 0.3) is 11.1 Å². The van der Waals surface area contributed by atoms with Crippen LogP contribution in [-0.2, 0) is 6.42 Å². The van der Waals surface area contributed by atoms with Crippen LogP contribution in [0, 0.1) is 23.7 Å². The molecule has 2 heteroatoms. The van der Waals surface area contributed by atoms with E-state index in [-0.39, 0.29) is 0 Å².